The van der Waals surface area contributed by atoms with Gasteiger partial charge in [0.25, 0.3) is 0 Å². The van der Waals surface area contributed by atoms with Crippen LogP contribution >= 0.6 is 0 Å². The maximum absolute atomic E-state index is 12.0. The number of benzene rings is 1. The maximum atomic E-state index is 12.0. The zero-order chi connectivity index (χ0) is 15.4. The molecule has 0 spiro atoms. The van der Waals surface area contributed by atoms with E-state index in [2.05, 4.69) is 4.90 Å². The first-order valence-corrected chi connectivity index (χ1v) is 7.27. The molecular formula is C17H22N2O2. The highest BCUT2D eigenvalue weighted by Crippen LogP contribution is 2.18. The van der Waals surface area contributed by atoms with Crippen LogP contribution in [-0.2, 0) is 4.79 Å². The van der Waals surface area contributed by atoms with Crippen LogP contribution in [0.3, 0.4) is 0 Å². The summed E-state index contributed by atoms with van der Waals surface area (Å²) in [6.45, 7) is 8.55. The Kier molecular flexibility index (Phi) is 4.78. The summed E-state index contributed by atoms with van der Waals surface area (Å²) in [6, 6.07) is 7.67. The smallest absolute Gasteiger partial charge is 0.246 e. The van der Waals surface area contributed by atoms with Crippen molar-refractivity contribution in [3.8, 4) is 0 Å². The van der Waals surface area contributed by atoms with E-state index in [1.165, 1.54) is 0 Å². The molecule has 1 saturated heterocycles. The third kappa shape index (κ3) is 3.94. The second-order valence-electron chi connectivity index (χ2n) is 5.64. The highest BCUT2D eigenvalue weighted by molar-refractivity contribution is 5.94. The Morgan fingerprint density at radius 3 is 2.00 bits per heavy atom. The summed E-state index contributed by atoms with van der Waals surface area (Å²) in [5, 5.41) is 0. The van der Waals surface area contributed by atoms with Crippen LogP contribution in [0.1, 0.15) is 31.1 Å². The molecule has 21 heavy (non-hydrogen) atoms. The van der Waals surface area contributed by atoms with Crippen LogP contribution in [0.15, 0.2) is 35.9 Å². The first-order valence-electron chi connectivity index (χ1n) is 7.27. The van der Waals surface area contributed by atoms with Gasteiger partial charge >= 0.3 is 0 Å². The molecule has 0 aromatic heterocycles. The van der Waals surface area contributed by atoms with Crippen molar-refractivity contribution in [1.29, 1.82) is 0 Å². The molecule has 1 amide bonds. The highest BCUT2D eigenvalue weighted by atomic mass is 16.2. The van der Waals surface area contributed by atoms with Gasteiger partial charge < -0.3 is 9.80 Å². The van der Waals surface area contributed by atoms with E-state index in [1.54, 1.807) is 13.0 Å². The second kappa shape index (κ2) is 6.57. The van der Waals surface area contributed by atoms with E-state index < -0.39 is 0 Å². The molecule has 1 aliphatic rings. The van der Waals surface area contributed by atoms with E-state index in [9.17, 15) is 9.59 Å². The molecule has 0 aliphatic carbocycles. The summed E-state index contributed by atoms with van der Waals surface area (Å²) in [6.07, 6.45) is 1.69. The van der Waals surface area contributed by atoms with Crippen molar-refractivity contribution in [2.75, 3.05) is 31.1 Å². The molecule has 0 atom stereocenters. The minimum atomic E-state index is 0.0821. The molecular weight excluding hydrogens is 264 g/mol. The van der Waals surface area contributed by atoms with Crippen LogP contribution in [0.2, 0.25) is 0 Å². The number of anilines is 1. The van der Waals surface area contributed by atoms with E-state index in [1.807, 2.05) is 43.0 Å². The van der Waals surface area contributed by atoms with Crippen molar-refractivity contribution in [3.63, 3.8) is 0 Å². The third-order valence-electron chi connectivity index (χ3n) is 3.64. The number of allylic oxidation sites excluding steroid dienone is 1. The lowest BCUT2D eigenvalue weighted by atomic mass is 10.1. The van der Waals surface area contributed by atoms with Gasteiger partial charge in [-0.25, -0.2) is 0 Å². The van der Waals surface area contributed by atoms with Crippen LogP contribution < -0.4 is 4.90 Å². The number of carbonyl (C=O) groups excluding carboxylic acids is 2. The van der Waals surface area contributed by atoms with Crippen LogP contribution in [0.5, 0.6) is 0 Å². The summed E-state index contributed by atoms with van der Waals surface area (Å²) in [5.41, 5.74) is 2.87. The predicted octanol–water partition coefficient (Wildman–Crippen LogP) is 2.50. The van der Waals surface area contributed by atoms with Crippen LogP contribution in [0, 0.1) is 0 Å². The van der Waals surface area contributed by atoms with E-state index in [4.69, 9.17) is 0 Å². The molecule has 1 aromatic rings. The average Bonchev–Trinajstić information content (AvgIpc) is 2.47. The number of nitrogens with zero attached hydrogens (tertiary/aromatic N) is 2. The van der Waals surface area contributed by atoms with Crippen molar-refractivity contribution >= 4 is 17.4 Å². The number of rotatable bonds is 3. The number of Topliss-reactive ketones (excluding diaryl/α,β-unsaturated/α-hetero) is 1. The fourth-order valence-corrected chi connectivity index (χ4v) is 2.43. The molecule has 0 unspecified atom stereocenters. The molecule has 4 heteroatoms. The van der Waals surface area contributed by atoms with Gasteiger partial charge in [-0.15, -0.1) is 0 Å². The fourth-order valence-electron chi connectivity index (χ4n) is 2.43. The van der Waals surface area contributed by atoms with Gasteiger partial charge in [0.1, 0.15) is 0 Å². The quantitative estimate of drug-likeness (QED) is 0.633. The van der Waals surface area contributed by atoms with Gasteiger partial charge in [-0.2, -0.15) is 0 Å². The molecule has 1 aliphatic heterocycles. The molecule has 0 radical (unpaired) electrons. The molecule has 1 heterocycles. The van der Waals surface area contributed by atoms with Crippen molar-refractivity contribution in [2.24, 2.45) is 0 Å². The molecule has 0 bridgehead atoms. The summed E-state index contributed by atoms with van der Waals surface area (Å²) < 4.78 is 0. The number of hydrogen-bond donors (Lipinski definition) is 0. The zero-order valence-corrected chi connectivity index (χ0v) is 12.9. The van der Waals surface area contributed by atoms with Gasteiger partial charge in [0.2, 0.25) is 5.91 Å². The molecule has 4 nitrogen and oxygen atoms in total. The number of carbonyl (C=O) groups is 2. The van der Waals surface area contributed by atoms with Crippen molar-refractivity contribution in [1.82, 2.24) is 4.90 Å². The van der Waals surface area contributed by atoms with E-state index in [0.717, 1.165) is 43.0 Å². The van der Waals surface area contributed by atoms with Crippen molar-refractivity contribution in [3.05, 3.63) is 41.5 Å². The first kappa shape index (κ1) is 15.3. The Morgan fingerprint density at radius 1 is 0.952 bits per heavy atom. The van der Waals surface area contributed by atoms with Crippen LogP contribution in [0.25, 0.3) is 0 Å². The van der Waals surface area contributed by atoms with Crippen LogP contribution in [0.4, 0.5) is 5.69 Å². The van der Waals surface area contributed by atoms with Gasteiger partial charge in [-0.05, 0) is 45.0 Å². The Morgan fingerprint density at radius 2 is 1.52 bits per heavy atom. The number of hydrogen-bond acceptors (Lipinski definition) is 3. The lowest BCUT2D eigenvalue weighted by molar-refractivity contribution is -0.126. The average molecular weight is 286 g/mol. The molecule has 0 saturated carbocycles. The molecule has 0 N–H and O–H groups in total. The highest BCUT2D eigenvalue weighted by Gasteiger charge is 2.20. The Bertz CT molecular complexity index is 549. The summed E-state index contributed by atoms with van der Waals surface area (Å²) in [7, 11) is 0. The van der Waals surface area contributed by atoms with E-state index in [0.29, 0.717) is 0 Å². The minimum Gasteiger partial charge on any atom is -0.368 e. The maximum Gasteiger partial charge on any atom is 0.246 e. The monoisotopic (exact) mass is 286 g/mol. The largest absolute Gasteiger partial charge is 0.368 e. The predicted molar refractivity (Wildman–Crippen MR) is 84.7 cm³/mol. The topological polar surface area (TPSA) is 40.6 Å². The summed E-state index contributed by atoms with van der Waals surface area (Å²) in [5.74, 6) is 0.181. The van der Waals surface area contributed by atoms with E-state index in [-0.39, 0.29) is 11.7 Å². The Balaban J connectivity index is 1.96. The van der Waals surface area contributed by atoms with Crippen LogP contribution in [-0.4, -0.2) is 42.8 Å². The molecule has 1 fully saturated rings. The molecule has 2 rings (SSSR count). The van der Waals surface area contributed by atoms with Gasteiger partial charge in [0, 0.05) is 43.5 Å². The first-order chi connectivity index (χ1) is 9.97. The lowest BCUT2D eigenvalue weighted by Crippen LogP contribution is -2.48. The second-order valence-corrected chi connectivity index (χ2v) is 5.64. The minimum absolute atomic E-state index is 0.0821. The fraction of sp³-hybridized carbons (Fsp3) is 0.412. The Hall–Kier alpha value is -2.10. The van der Waals surface area contributed by atoms with Crippen molar-refractivity contribution in [2.45, 2.75) is 20.8 Å². The van der Waals surface area contributed by atoms with Gasteiger partial charge in [0.05, 0.1) is 0 Å². The van der Waals surface area contributed by atoms with E-state index >= 15 is 0 Å². The summed E-state index contributed by atoms with van der Waals surface area (Å²) in [4.78, 5) is 27.4. The SMILES string of the molecule is CC(=O)c1ccc(N2CCN(C(=O)C=C(C)C)CC2)cc1. The summed E-state index contributed by atoms with van der Waals surface area (Å²) >= 11 is 0. The number of ketones is 1. The van der Waals surface area contributed by atoms with Gasteiger partial charge in [-0.3, -0.25) is 9.59 Å². The number of piperazine rings is 1. The van der Waals surface area contributed by atoms with Gasteiger partial charge in [0.15, 0.2) is 5.78 Å². The lowest BCUT2D eigenvalue weighted by Gasteiger charge is -2.35. The van der Waals surface area contributed by atoms with Gasteiger partial charge in [-0.1, -0.05) is 5.57 Å². The number of amides is 1. The standard InChI is InChI=1S/C17H22N2O2/c1-13(2)12-17(21)19-10-8-18(9-11-19)16-6-4-15(5-7-16)14(3)20/h4-7,12H,8-11H2,1-3H3. The normalized spacial score (nSPS) is 14.8. The Labute approximate surface area is 126 Å². The molecule has 1 aromatic carbocycles. The zero-order valence-electron chi connectivity index (χ0n) is 12.9. The third-order valence-corrected chi connectivity index (χ3v) is 3.64. The van der Waals surface area contributed by atoms with Crippen molar-refractivity contribution < 1.29 is 9.59 Å². The molecule has 112 valence electrons.